The van der Waals surface area contributed by atoms with Crippen LogP contribution in [0.25, 0.3) is 22.0 Å². The molecular weight excluding hydrogens is 426 g/mol. The highest BCUT2D eigenvalue weighted by Crippen LogP contribution is 2.34. The number of amides is 1. The van der Waals surface area contributed by atoms with Crippen LogP contribution in [0.15, 0.2) is 42.9 Å². The van der Waals surface area contributed by atoms with E-state index in [0.717, 1.165) is 57.8 Å². The van der Waals surface area contributed by atoms with Crippen molar-refractivity contribution in [3.8, 4) is 11.1 Å². The maximum absolute atomic E-state index is 12.3. The molecule has 8 heteroatoms. The van der Waals surface area contributed by atoms with Crippen LogP contribution in [0.2, 0.25) is 0 Å². The van der Waals surface area contributed by atoms with Gasteiger partial charge in [-0.2, -0.15) is 5.10 Å². The van der Waals surface area contributed by atoms with Gasteiger partial charge >= 0.3 is 0 Å². The van der Waals surface area contributed by atoms with Crippen molar-refractivity contribution in [2.45, 2.75) is 46.2 Å². The molecule has 1 amide bonds. The number of H-pyrrole nitrogens is 1. The molecule has 0 atom stereocenters. The predicted octanol–water partition coefficient (Wildman–Crippen LogP) is 3.88. The van der Waals surface area contributed by atoms with Crippen molar-refractivity contribution in [1.82, 2.24) is 20.2 Å². The van der Waals surface area contributed by atoms with Crippen LogP contribution in [-0.4, -0.2) is 38.2 Å². The van der Waals surface area contributed by atoms with E-state index in [1.165, 1.54) is 11.1 Å². The van der Waals surface area contributed by atoms with Crippen LogP contribution in [-0.2, 0) is 17.8 Å². The van der Waals surface area contributed by atoms with Crippen LogP contribution in [0.5, 0.6) is 0 Å². The molecule has 0 spiro atoms. The molecule has 0 fully saturated rings. The van der Waals surface area contributed by atoms with Gasteiger partial charge in [0.25, 0.3) is 0 Å². The summed E-state index contributed by atoms with van der Waals surface area (Å²) in [6.45, 7) is 9.05. The number of hydrogen-bond acceptors (Lipinski definition) is 6. The Labute approximate surface area is 198 Å². The minimum absolute atomic E-state index is 0.209. The number of aromatic nitrogens is 4. The first-order valence-corrected chi connectivity index (χ1v) is 11.4. The minimum Gasteiger partial charge on any atom is -0.351 e. The molecule has 8 nitrogen and oxygen atoms in total. The van der Waals surface area contributed by atoms with Gasteiger partial charge in [0.15, 0.2) is 0 Å². The van der Waals surface area contributed by atoms with Crippen molar-refractivity contribution in [1.29, 1.82) is 0 Å². The van der Waals surface area contributed by atoms with Gasteiger partial charge in [-0.05, 0) is 80.6 Å². The first-order chi connectivity index (χ1) is 16.2. The van der Waals surface area contributed by atoms with Crippen molar-refractivity contribution < 1.29 is 4.79 Å². The Bertz CT molecular complexity index is 1400. The first-order valence-electron chi connectivity index (χ1n) is 11.4. The predicted molar refractivity (Wildman–Crippen MR) is 135 cm³/mol. The summed E-state index contributed by atoms with van der Waals surface area (Å²) >= 11 is 0. The Kier molecular flexibility index (Phi) is 5.32. The number of aromatic amines is 1. The van der Waals surface area contributed by atoms with E-state index in [2.05, 4.69) is 50.5 Å². The van der Waals surface area contributed by atoms with E-state index in [-0.39, 0.29) is 5.91 Å². The van der Waals surface area contributed by atoms with Crippen molar-refractivity contribution in [2.75, 3.05) is 16.8 Å². The maximum Gasteiger partial charge on any atom is 0.243 e. The fourth-order valence-corrected chi connectivity index (χ4v) is 4.49. The third-order valence-corrected chi connectivity index (χ3v) is 6.41. The molecule has 174 valence electrons. The Morgan fingerprint density at radius 3 is 2.71 bits per heavy atom. The molecule has 3 heterocycles. The molecule has 0 saturated carbocycles. The zero-order chi connectivity index (χ0) is 24.0. The standard InChI is InChI=1S/C26H29N7O/c1-15-9-18(22-12-30-32-16(22)2)11-21-23(15)28-14-29-24(21)33-8-7-17-5-6-20(10-19(17)13-33)31-25(34)26(3,4)27/h5-6,9-12,14H,7-8,13,27H2,1-4H3,(H,30,32)(H,31,34). The summed E-state index contributed by atoms with van der Waals surface area (Å²) in [4.78, 5) is 23.9. The molecule has 0 aliphatic carbocycles. The van der Waals surface area contributed by atoms with Gasteiger partial charge in [0.1, 0.15) is 12.1 Å². The fraction of sp³-hybridized carbons (Fsp3) is 0.308. The lowest BCUT2D eigenvalue weighted by Gasteiger charge is -2.31. The third kappa shape index (κ3) is 4.01. The zero-order valence-corrected chi connectivity index (χ0v) is 19.9. The molecule has 0 radical (unpaired) electrons. The Morgan fingerprint density at radius 2 is 1.97 bits per heavy atom. The van der Waals surface area contributed by atoms with Crippen LogP contribution >= 0.6 is 0 Å². The monoisotopic (exact) mass is 455 g/mol. The van der Waals surface area contributed by atoms with Gasteiger partial charge in [0, 0.05) is 35.4 Å². The van der Waals surface area contributed by atoms with Gasteiger partial charge in [-0.3, -0.25) is 9.89 Å². The van der Waals surface area contributed by atoms with E-state index in [1.54, 1.807) is 20.2 Å². The molecule has 34 heavy (non-hydrogen) atoms. The number of fused-ring (bicyclic) bond motifs is 2. The highest BCUT2D eigenvalue weighted by Gasteiger charge is 2.24. The molecule has 2 aromatic heterocycles. The number of hydrogen-bond donors (Lipinski definition) is 3. The van der Waals surface area contributed by atoms with Gasteiger partial charge in [-0.25, -0.2) is 9.97 Å². The average Bonchev–Trinajstić information content (AvgIpc) is 3.23. The fourth-order valence-electron chi connectivity index (χ4n) is 4.49. The number of nitrogens with two attached hydrogens (primary N) is 1. The summed E-state index contributed by atoms with van der Waals surface area (Å²) in [6, 6.07) is 10.4. The third-order valence-electron chi connectivity index (χ3n) is 6.41. The topological polar surface area (TPSA) is 113 Å². The number of anilines is 2. The maximum atomic E-state index is 12.3. The highest BCUT2D eigenvalue weighted by molar-refractivity contribution is 5.97. The highest BCUT2D eigenvalue weighted by atomic mass is 16.2. The molecule has 1 aliphatic heterocycles. The largest absolute Gasteiger partial charge is 0.351 e. The Morgan fingerprint density at radius 1 is 1.15 bits per heavy atom. The normalized spacial score (nSPS) is 13.7. The number of carbonyl (C=O) groups excluding carboxylic acids is 1. The number of benzene rings is 2. The molecule has 0 saturated heterocycles. The van der Waals surface area contributed by atoms with Gasteiger partial charge in [0.05, 0.1) is 17.3 Å². The molecule has 4 N–H and O–H groups in total. The summed E-state index contributed by atoms with van der Waals surface area (Å²) in [5, 5.41) is 11.2. The first kappa shape index (κ1) is 22.0. The SMILES string of the molecule is Cc1[nH]ncc1-c1cc(C)c2ncnc(N3CCc4ccc(NC(=O)C(C)(C)N)cc4C3)c2c1. The second-order valence-electron chi connectivity index (χ2n) is 9.63. The molecule has 5 rings (SSSR count). The molecule has 4 aromatic rings. The number of rotatable bonds is 4. The van der Waals surface area contributed by atoms with Gasteiger partial charge in [-0.1, -0.05) is 6.07 Å². The van der Waals surface area contributed by atoms with Gasteiger partial charge in [0.2, 0.25) is 5.91 Å². The number of nitrogens with one attached hydrogen (secondary N) is 2. The lowest BCUT2D eigenvalue weighted by molar-refractivity contribution is -0.120. The van der Waals surface area contributed by atoms with Crippen molar-refractivity contribution in [3.05, 3.63) is 65.2 Å². The summed E-state index contributed by atoms with van der Waals surface area (Å²) < 4.78 is 0. The van der Waals surface area contributed by atoms with E-state index >= 15 is 0 Å². The Hall–Kier alpha value is -3.78. The number of aryl methyl sites for hydroxylation is 2. The molecule has 1 aliphatic rings. The quantitative estimate of drug-likeness (QED) is 0.431. The van der Waals surface area contributed by atoms with E-state index < -0.39 is 5.54 Å². The van der Waals surface area contributed by atoms with Crippen LogP contribution in [0.1, 0.15) is 36.2 Å². The van der Waals surface area contributed by atoms with E-state index in [4.69, 9.17) is 10.7 Å². The lowest BCUT2D eigenvalue weighted by atomic mass is 9.97. The second kappa shape index (κ2) is 8.22. The number of nitrogens with zero attached hydrogens (tertiary/aromatic N) is 4. The minimum atomic E-state index is -0.940. The summed E-state index contributed by atoms with van der Waals surface area (Å²) in [5.41, 5.74) is 13.5. The zero-order valence-electron chi connectivity index (χ0n) is 19.9. The van der Waals surface area contributed by atoms with Crippen molar-refractivity contribution >= 4 is 28.3 Å². The summed E-state index contributed by atoms with van der Waals surface area (Å²) in [5.74, 6) is 0.707. The van der Waals surface area contributed by atoms with E-state index in [1.807, 2.05) is 25.3 Å². The van der Waals surface area contributed by atoms with Crippen molar-refractivity contribution in [2.24, 2.45) is 5.73 Å². The summed E-state index contributed by atoms with van der Waals surface area (Å²) in [7, 11) is 0. The van der Waals surface area contributed by atoms with Crippen LogP contribution in [0, 0.1) is 13.8 Å². The van der Waals surface area contributed by atoms with E-state index in [0.29, 0.717) is 6.54 Å². The van der Waals surface area contributed by atoms with Crippen LogP contribution in [0.3, 0.4) is 0 Å². The van der Waals surface area contributed by atoms with Crippen LogP contribution in [0.4, 0.5) is 11.5 Å². The Balaban J connectivity index is 1.51. The van der Waals surface area contributed by atoms with Crippen molar-refractivity contribution in [3.63, 3.8) is 0 Å². The molecule has 0 unspecified atom stereocenters. The van der Waals surface area contributed by atoms with E-state index in [9.17, 15) is 4.79 Å². The number of carbonyl (C=O) groups is 1. The average molecular weight is 456 g/mol. The summed E-state index contributed by atoms with van der Waals surface area (Å²) in [6.07, 6.45) is 4.40. The smallest absolute Gasteiger partial charge is 0.243 e. The molecule has 2 aromatic carbocycles. The van der Waals surface area contributed by atoms with Gasteiger partial charge in [-0.15, -0.1) is 0 Å². The second-order valence-corrected chi connectivity index (χ2v) is 9.63. The van der Waals surface area contributed by atoms with Gasteiger partial charge < -0.3 is 16.0 Å². The molecule has 0 bridgehead atoms. The van der Waals surface area contributed by atoms with Crippen LogP contribution < -0.4 is 16.0 Å². The lowest BCUT2D eigenvalue weighted by Crippen LogP contribution is -2.45. The molecular formula is C26H29N7O.